The lowest BCUT2D eigenvalue weighted by molar-refractivity contribution is -0.123. The van der Waals surface area contributed by atoms with Crippen LogP contribution in [0.2, 0.25) is 0 Å². The van der Waals surface area contributed by atoms with E-state index >= 15 is 0 Å². The molecule has 4 rings (SSSR count). The fourth-order valence-electron chi connectivity index (χ4n) is 3.77. The number of para-hydroxylation sites is 1. The van der Waals surface area contributed by atoms with E-state index in [-0.39, 0.29) is 18.6 Å². The number of carbonyl (C=O) groups is 1. The Bertz CT molecular complexity index is 923. The average molecular weight is 353 g/mol. The molecule has 1 saturated carbocycles. The number of hydrogen-bond acceptors (Lipinski definition) is 4. The van der Waals surface area contributed by atoms with Crippen molar-refractivity contribution in [1.29, 1.82) is 0 Å². The van der Waals surface area contributed by atoms with Gasteiger partial charge in [-0.25, -0.2) is 0 Å². The van der Waals surface area contributed by atoms with Gasteiger partial charge in [0.25, 0.3) is 0 Å². The highest BCUT2D eigenvalue weighted by atomic mass is 16.3. The monoisotopic (exact) mass is 353 g/mol. The van der Waals surface area contributed by atoms with Gasteiger partial charge < -0.3 is 19.6 Å². The summed E-state index contributed by atoms with van der Waals surface area (Å²) in [5, 5.41) is 21.8. The van der Waals surface area contributed by atoms with Crippen LogP contribution in [0.1, 0.15) is 37.3 Å². The van der Waals surface area contributed by atoms with Crippen LogP contribution in [0.15, 0.2) is 36.5 Å². The fourth-order valence-corrected chi connectivity index (χ4v) is 3.77. The summed E-state index contributed by atoms with van der Waals surface area (Å²) in [7, 11) is 0. The van der Waals surface area contributed by atoms with Gasteiger partial charge in [-0.3, -0.25) is 4.79 Å². The summed E-state index contributed by atoms with van der Waals surface area (Å²) < 4.78 is 3.94. The van der Waals surface area contributed by atoms with Crippen molar-refractivity contribution in [2.75, 3.05) is 0 Å². The molecular weight excluding hydrogens is 330 g/mol. The Morgan fingerprint density at radius 1 is 1.27 bits per heavy atom. The second kappa shape index (κ2) is 6.92. The number of aliphatic hydroxyl groups excluding tert-OH is 1. The fraction of sp³-hybridized carbons (Fsp3) is 0.421. The lowest BCUT2D eigenvalue weighted by atomic mass is 9.79. The number of fused-ring (bicyclic) bond motifs is 1. The summed E-state index contributed by atoms with van der Waals surface area (Å²) in [5.74, 6) is 1.84. The normalized spacial score (nSPS) is 19.5. The summed E-state index contributed by atoms with van der Waals surface area (Å²) in [6.45, 7) is 2.99. The first-order chi connectivity index (χ1) is 12.7. The number of carbonyl (C=O) groups excluding carboxylic acids is 1. The van der Waals surface area contributed by atoms with E-state index in [4.69, 9.17) is 0 Å². The number of rotatable bonds is 6. The Labute approximate surface area is 151 Å². The molecule has 7 nitrogen and oxygen atoms in total. The second-order valence-corrected chi connectivity index (χ2v) is 6.81. The average Bonchev–Trinajstić information content (AvgIpc) is 3.21. The first-order valence-electron chi connectivity index (χ1n) is 9.05. The molecule has 0 atom stereocenters. The smallest absolute Gasteiger partial charge is 0.240 e. The van der Waals surface area contributed by atoms with Crippen LogP contribution in [0, 0.1) is 0 Å². The molecule has 0 radical (unpaired) electrons. The van der Waals surface area contributed by atoms with Crippen molar-refractivity contribution in [2.24, 2.45) is 0 Å². The summed E-state index contributed by atoms with van der Waals surface area (Å²) in [6, 6.07) is 10.3. The van der Waals surface area contributed by atoms with Crippen molar-refractivity contribution in [3.05, 3.63) is 48.2 Å². The zero-order chi connectivity index (χ0) is 18.1. The SMILES string of the molecule is CCn1c(CO)nnc1C1CC(NC(=O)Cn2ccc3ccccc32)C1. The molecule has 1 fully saturated rings. The minimum Gasteiger partial charge on any atom is -0.388 e. The third-order valence-corrected chi connectivity index (χ3v) is 5.18. The van der Waals surface area contributed by atoms with Gasteiger partial charge in [-0.2, -0.15) is 0 Å². The quantitative estimate of drug-likeness (QED) is 0.708. The summed E-state index contributed by atoms with van der Waals surface area (Å²) >= 11 is 0. The van der Waals surface area contributed by atoms with Crippen LogP contribution in [-0.2, 0) is 24.5 Å². The molecule has 0 saturated heterocycles. The maximum absolute atomic E-state index is 12.4. The van der Waals surface area contributed by atoms with Crippen LogP contribution in [-0.4, -0.2) is 36.4 Å². The van der Waals surface area contributed by atoms with Gasteiger partial charge in [-0.1, -0.05) is 18.2 Å². The van der Waals surface area contributed by atoms with Crippen molar-refractivity contribution in [3.63, 3.8) is 0 Å². The molecule has 0 unspecified atom stereocenters. The van der Waals surface area contributed by atoms with Crippen LogP contribution < -0.4 is 5.32 Å². The summed E-state index contributed by atoms with van der Waals surface area (Å²) in [4.78, 5) is 12.4. The number of aliphatic hydroxyl groups is 1. The topological polar surface area (TPSA) is 85.0 Å². The maximum Gasteiger partial charge on any atom is 0.240 e. The highest BCUT2D eigenvalue weighted by Gasteiger charge is 2.35. The highest BCUT2D eigenvalue weighted by Crippen LogP contribution is 2.36. The summed E-state index contributed by atoms with van der Waals surface area (Å²) in [6.07, 6.45) is 3.68. The molecule has 1 aromatic carbocycles. The minimum atomic E-state index is -0.0987. The Kier molecular flexibility index (Phi) is 4.46. The van der Waals surface area contributed by atoms with Crippen molar-refractivity contribution < 1.29 is 9.90 Å². The second-order valence-electron chi connectivity index (χ2n) is 6.81. The number of amides is 1. The van der Waals surface area contributed by atoms with Crippen molar-refractivity contribution in [1.82, 2.24) is 24.6 Å². The molecule has 0 aliphatic heterocycles. The Morgan fingerprint density at radius 2 is 2.08 bits per heavy atom. The predicted molar refractivity (Wildman–Crippen MR) is 97.5 cm³/mol. The Balaban J connectivity index is 1.34. The van der Waals surface area contributed by atoms with E-state index in [1.807, 2.05) is 52.6 Å². The van der Waals surface area contributed by atoms with Crippen LogP contribution in [0.4, 0.5) is 0 Å². The Morgan fingerprint density at radius 3 is 2.85 bits per heavy atom. The van der Waals surface area contributed by atoms with E-state index in [1.165, 1.54) is 0 Å². The van der Waals surface area contributed by atoms with Gasteiger partial charge in [0.15, 0.2) is 5.82 Å². The number of nitrogens with one attached hydrogen (secondary N) is 1. The van der Waals surface area contributed by atoms with Crippen LogP contribution in [0.25, 0.3) is 10.9 Å². The van der Waals surface area contributed by atoms with E-state index in [0.717, 1.165) is 36.1 Å². The van der Waals surface area contributed by atoms with Crippen LogP contribution in [0.3, 0.4) is 0 Å². The number of benzene rings is 1. The largest absolute Gasteiger partial charge is 0.388 e. The zero-order valence-corrected chi connectivity index (χ0v) is 14.8. The third kappa shape index (κ3) is 2.99. The van der Waals surface area contributed by atoms with Gasteiger partial charge in [0.05, 0.1) is 0 Å². The standard InChI is InChI=1S/C19H23N5O2/c1-2-24-17(12-25)21-22-19(24)14-9-15(10-14)20-18(26)11-23-8-7-13-5-3-4-6-16(13)23/h3-8,14-15,25H,2,9-12H2,1H3,(H,20,26). The first-order valence-corrected chi connectivity index (χ1v) is 9.05. The van der Waals surface area contributed by atoms with E-state index < -0.39 is 0 Å². The number of hydrogen-bond donors (Lipinski definition) is 2. The van der Waals surface area contributed by atoms with Crippen molar-refractivity contribution in [2.45, 2.75) is 51.4 Å². The summed E-state index contributed by atoms with van der Waals surface area (Å²) in [5.41, 5.74) is 1.07. The maximum atomic E-state index is 12.4. The molecule has 136 valence electrons. The molecule has 1 aliphatic carbocycles. The van der Waals surface area contributed by atoms with Gasteiger partial charge in [0.2, 0.25) is 5.91 Å². The van der Waals surface area contributed by atoms with Crippen molar-refractivity contribution in [3.8, 4) is 0 Å². The van der Waals surface area contributed by atoms with E-state index in [1.54, 1.807) is 0 Å². The molecule has 0 spiro atoms. The van der Waals surface area contributed by atoms with Crippen molar-refractivity contribution >= 4 is 16.8 Å². The molecule has 1 amide bonds. The zero-order valence-electron chi connectivity index (χ0n) is 14.8. The minimum absolute atomic E-state index is 0.0304. The predicted octanol–water partition coefficient (Wildman–Crippen LogP) is 1.81. The molecule has 2 aromatic heterocycles. The third-order valence-electron chi connectivity index (χ3n) is 5.18. The van der Waals surface area contributed by atoms with Gasteiger partial charge in [0.1, 0.15) is 19.0 Å². The molecular formula is C19H23N5O2. The molecule has 2 heterocycles. The molecule has 2 N–H and O–H groups in total. The molecule has 7 heteroatoms. The van der Waals surface area contributed by atoms with Gasteiger partial charge >= 0.3 is 0 Å². The lowest BCUT2D eigenvalue weighted by Gasteiger charge is -2.35. The first kappa shape index (κ1) is 16.8. The van der Waals surface area contributed by atoms with E-state index in [9.17, 15) is 9.90 Å². The van der Waals surface area contributed by atoms with Gasteiger partial charge in [0, 0.05) is 30.2 Å². The highest BCUT2D eigenvalue weighted by molar-refractivity contribution is 5.83. The van der Waals surface area contributed by atoms with Gasteiger partial charge in [-0.15, -0.1) is 10.2 Å². The Hall–Kier alpha value is -2.67. The van der Waals surface area contributed by atoms with Crippen LogP contribution >= 0.6 is 0 Å². The molecule has 1 aliphatic rings. The van der Waals surface area contributed by atoms with E-state index in [2.05, 4.69) is 15.5 Å². The van der Waals surface area contributed by atoms with E-state index in [0.29, 0.717) is 18.3 Å². The lowest BCUT2D eigenvalue weighted by Crippen LogP contribution is -2.45. The molecule has 0 bridgehead atoms. The van der Waals surface area contributed by atoms with Gasteiger partial charge in [-0.05, 0) is 37.3 Å². The van der Waals surface area contributed by atoms with Crippen LogP contribution in [0.5, 0.6) is 0 Å². The molecule has 26 heavy (non-hydrogen) atoms. The number of aromatic nitrogens is 4. The number of nitrogens with zero attached hydrogens (tertiary/aromatic N) is 4. The molecule has 3 aromatic rings.